The fourth-order valence-corrected chi connectivity index (χ4v) is 4.47. The molecule has 168 valence electrons. The van der Waals surface area contributed by atoms with Gasteiger partial charge in [0.2, 0.25) is 5.91 Å². The highest BCUT2D eigenvalue weighted by Gasteiger charge is 2.38. The van der Waals surface area contributed by atoms with Crippen LogP contribution in [-0.4, -0.2) is 36.6 Å². The second-order valence-corrected chi connectivity index (χ2v) is 9.45. The molecule has 32 heavy (non-hydrogen) atoms. The Labute approximate surface area is 188 Å². The average Bonchev–Trinajstić information content (AvgIpc) is 2.75. The molecule has 4 rings (SSSR count). The summed E-state index contributed by atoms with van der Waals surface area (Å²) in [6, 6.07) is 11.2. The van der Waals surface area contributed by atoms with Crippen molar-refractivity contribution in [3.8, 4) is 11.5 Å². The minimum Gasteiger partial charge on any atom is -0.493 e. The smallest absolute Gasteiger partial charge is 0.254 e. The van der Waals surface area contributed by atoms with Gasteiger partial charge in [0.15, 0.2) is 11.5 Å². The molecule has 2 aromatic carbocycles. The Morgan fingerprint density at radius 2 is 1.72 bits per heavy atom. The molecule has 1 amide bonds. The fraction of sp³-hybridized carbons (Fsp3) is 0.385. The lowest BCUT2D eigenvalue weighted by Crippen LogP contribution is -2.47. The first kappa shape index (κ1) is 21.9. The van der Waals surface area contributed by atoms with Gasteiger partial charge in [-0.2, -0.15) is 0 Å². The lowest BCUT2D eigenvalue weighted by molar-refractivity contribution is -0.141. The number of carbonyl (C=O) groups excluding carboxylic acids is 1. The molecule has 1 aliphatic rings. The van der Waals surface area contributed by atoms with Crippen LogP contribution < -0.4 is 15.0 Å². The van der Waals surface area contributed by atoms with Gasteiger partial charge < -0.3 is 19.4 Å². The van der Waals surface area contributed by atoms with E-state index in [1.807, 2.05) is 69.0 Å². The standard InChI is InChI=1S/C26H30N2O4/c1-15-7-8-17-12-19(24(29)27-20(17)11-15)23-18-14-22(32-6)21(31-5)13-16(18)9-10-28(23)25(30)26(2,3)4/h7-8,11-14,23H,9-10H2,1-6H3,(H,27,29). The maximum atomic E-state index is 13.5. The van der Waals surface area contributed by atoms with E-state index >= 15 is 0 Å². The summed E-state index contributed by atoms with van der Waals surface area (Å²) in [5.74, 6) is 1.23. The molecule has 0 saturated heterocycles. The molecule has 0 bridgehead atoms. The van der Waals surface area contributed by atoms with Crippen molar-refractivity contribution >= 4 is 16.8 Å². The molecule has 0 radical (unpaired) electrons. The number of aryl methyl sites for hydroxylation is 1. The van der Waals surface area contributed by atoms with E-state index in [1.165, 1.54) is 0 Å². The number of aromatic amines is 1. The topological polar surface area (TPSA) is 71.6 Å². The van der Waals surface area contributed by atoms with E-state index in [0.717, 1.165) is 27.6 Å². The van der Waals surface area contributed by atoms with Gasteiger partial charge in [0.05, 0.1) is 20.3 Å². The Morgan fingerprint density at radius 1 is 1.03 bits per heavy atom. The summed E-state index contributed by atoms with van der Waals surface area (Å²) in [6.45, 7) is 8.23. The lowest BCUT2D eigenvalue weighted by Gasteiger charge is -2.40. The molecule has 2 heterocycles. The zero-order chi connectivity index (χ0) is 23.2. The maximum Gasteiger partial charge on any atom is 0.254 e. The number of H-pyrrole nitrogens is 1. The van der Waals surface area contributed by atoms with Crippen molar-refractivity contribution in [1.29, 1.82) is 0 Å². The summed E-state index contributed by atoms with van der Waals surface area (Å²) in [4.78, 5) is 31.6. The third-order valence-corrected chi connectivity index (χ3v) is 6.10. The van der Waals surface area contributed by atoms with Gasteiger partial charge in [-0.25, -0.2) is 0 Å². The highest BCUT2D eigenvalue weighted by atomic mass is 16.5. The molecule has 1 atom stereocenters. The van der Waals surface area contributed by atoms with E-state index in [1.54, 1.807) is 14.2 Å². The highest BCUT2D eigenvalue weighted by Crippen LogP contribution is 2.42. The second kappa shape index (κ2) is 8.01. The molecule has 1 unspecified atom stereocenters. The van der Waals surface area contributed by atoms with E-state index in [4.69, 9.17) is 9.47 Å². The minimum absolute atomic E-state index is 0.00587. The van der Waals surface area contributed by atoms with Crippen LogP contribution in [0.15, 0.2) is 41.2 Å². The van der Waals surface area contributed by atoms with E-state index in [9.17, 15) is 9.59 Å². The molecule has 0 saturated carbocycles. The zero-order valence-electron chi connectivity index (χ0n) is 19.5. The van der Waals surface area contributed by atoms with Crippen molar-refractivity contribution in [2.45, 2.75) is 40.2 Å². The molecule has 1 N–H and O–H groups in total. The number of nitrogens with zero attached hydrogens (tertiary/aromatic N) is 1. The lowest BCUT2D eigenvalue weighted by atomic mass is 9.85. The van der Waals surface area contributed by atoms with Crippen molar-refractivity contribution < 1.29 is 14.3 Å². The molecule has 6 nitrogen and oxygen atoms in total. The van der Waals surface area contributed by atoms with Crippen LogP contribution >= 0.6 is 0 Å². The first-order valence-electron chi connectivity index (χ1n) is 10.8. The molecular formula is C26H30N2O4. The number of carbonyl (C=O) groups is 1. The van der Waals surface area contributed by atoms with Crippen LogP contribution in [0.2, 0.25) is 0 Å². The summed E-state index contributed by atoms with van der Waals surface area (Å²) in [5, 5.41) is 0.931. The molecule has 0 aliphatic carbocycles. The molecule has 3 aromatic rings. The Bertz CT molecular complexity index is 1250. The molecule has 1 aliphatic heterocycles. The Kier molecular flexibility index (Phi) is 5.49. The van der Waals surface area contributed by atoms with Gasteiger partial charge in [0, 0.05) is 23.0 Å². The number of hydrogen-bond donors (Lipinski definition) is 1. The largest absolute Gasteiger partial charge is 0.493 e. The summed E-state index contributed by atoms with van der Waals surface area (Å²) < 4.78 is 11.0. The van der Waals surface area contributed by atoms with Gasteiger partial charge in [-0.1, -0.05) is 32.9 Å². The van der Waals surface area contributed by atoms with Crippen LogP contribution in [0, 0.1) is 12.3 Å². The third kappa shape index (κ3) is 3.74. The number of aromatic nitrogens is 1. The summed E-state index contributed by atoms with van der Waals surface area (Å²) >= 11 is 0. The second-order valence-electron chi connectivity index (χ2n) is 9.45. The number of methoxy groups -OCH3 is 2. The van der Waals surface area contributed by atoms with Gasteiger partial charge in [-0.05, 0) is 59.7 Å². The maximum absolute atomic E-state index is 13.5. The van der Waals surface area contributed by atoms with Gasteiger partial charge in [0.25, 0.3) is 5.56 Å². The molecular weight excluding hydrogens is 404 g/mol. The number of fused-ring (bicyclic) bond motifs is 2. The predicted molar refractivity (Wildman–Crippen MR) is 126 cm³/mol. The van der Waals surface area contributed by atoms with Gasteiger partial charge in [-0.15, -0.1) is 0 Å². The Morgan fingerprint density at radius 3 is 2.38 bits per heavy atom. The van der Waals surface area contributed by atoms with Crippen molar-refractivity contribution in [1.82, 2.24) is 9.88 Å². The quantitative estimate of drug-likeness (QED) is 0.664. The number of hydrogen-bond acceptors (Lipinski definition) is 4. The van der Waals surface area contributed by atoms with Crippen LogP contribution in [-0.2, 0) is 11.2 Å². The fourth-order valence-electron chi connectivity index (χ4n) is 4.47. The SMILES string of the molecule is COc1cc2c(cc1OC)C(c1cc3ccc(C)cc3[nH]c1=O)N(C(=O)C(C)(C)C)CC2. The molecule has 6 heteroatoms. The van der Waals surface area contributed by atoms with E-state index < -0.39 is 11.5 Å². The predicted octanol–water partition coefficient (Wildman–Crippen LogP) is 4.37. The summed E-state index contributed by atoms with van der Waals surface area (Å²) in [6.07, 6.45) is 0.679. The average molecular weight is 435 g/mol. The molecule has 0 fully saturated rings. The summed E-state index contributed by atoms with van der Waals surface area (Å²) in [5.41, 5.74) is 3.58. The summed E-state index contributed by atoms with van der Waals surface area (Å²) in [7, 11) is 3.20. The number of rotatable bonds is 3. The molecule has 0 spiro atoms. The van der Waals surface area contributed by atoms with Crippen molar-refractivity contribution in [2.24, 2.45) is 5.41 Å². The highest BCUT2D eigenvalue weighted by molar-refractivity contribution is 5.84. The Hall–Kier alpha value is -3.28. The van der Waals surface area contributed by atoms with E-state index in [2.05, 4.69) is 4.98 Å². The van der Waals surface area contributed by atoms with Crippen LogP contribution in [0.25, 0.3) is 10.9 Å². The Balaban J connectivity index is 1.98. The van der Waals surface area contributed by atoms with E-state index in [-0.39, 0.29) is 11.5 Å². The van der Waals surface area contributed by atoms with Crippen molar-refractivity contribution in [2.75, 3.05) is 20.8 Å². The van der Waals surface area contributed by atoms with Gasteiger partial charge in [-0.3, -0.25) is 9.59 Å². The van der Waals surface area contributed by atoms with Crippen LogP contribution in [0.5, 0.6) is 11.5 Å². The first-order chi connectivity index (χ1) is 15.1. The van der Waals surface area contributed by atoms with Crippen LogP contribution in [0.1, 0.15) is 49.1 Å². The number of benzene rings is 2. The van der Waals surface area contributed by atoms with Crippen LogP contribution in [0.4, 0.5) is 0 Å². The van der Waals surface area contributed by atoms with Crippen LogP contribution in [0.3, 0.4) is 0 Å². The number of pyridine rings is 1. The zero-order valence-corrected chi connectivity index (χ0v) is 19.5. The number of ether oxygens (including phenoxy) is 2. The first-order valence-corrected chi connectivity index (χ1v) is 10.8. The van der Waals surface area contributed by atoms with Crippen molar-refractivity contribution in [3.05, 3.63) is 69.0 Å². The minimum atomic E-state index is -0.576. The third-order valence-electron chi connectivity index (χ3n) is 6.10. The van der Waals surface area contributed by atoms with Gasteiger partial charge >= 0.3 is 0 Å². The van der Waals surface area contributed by atoms with Crippen molar-refractivity contribution in [3.63, 3.8) is 0 Å². The van der Waals surface area contributed by atoms with Gasteiger partial charge in [0.1, 0.15) is 0 Å². The van der Waals surface area contributed by atoms with E-state index in [0.29, 0.717) is 30.0 Å². The number of nitrogens with one attached hydrogen (secondary N) is 1. The number of amides is 1. The normalized spacial score (nSPS) is 16.1. The molecule has 1 aromatic heterocycles. The monoisotopic (exact) mass is 434 g/mol.